The summed E-state index contributed by atoms with van der Waals surface area (Å²) in [5.74, 6) is -1.93. The van der Waals surface area contributed by atoms with Crippen LogP contribution in [0.4, 0.5) is 0 Å². The Morgan fingerprint density at radius 3 is 2.44 bits per heavy atom. The number of nitrogens with one attached hydrogen (secondary N) is 1. The van der Waals surface area contributed by atoms with Gasteiger partial charge in [-0.05, 0) is 29.9 Å². The van der Waals surface area contributed by atoms with Crippen molar-refractivity contribution >= 4 is 17.4 Å². The van der Waals surface area contributed by atoms with Crippen molar-refractivity contribution in [1.82, 2.24) is 10.4 Å². The Morgan fingerprint density at radius 1 is 1.24 bits per heavy atom. The number of amides is 2. The molecule has 6 nitrogen and oxygen atoms in total. The lowest BCUT2D eigenvalue weighted by Crippen LogP contribution is -2.48. The fourth-order valence-corrected chi connectivity index (χ4v) is 3.14. The Bertz CT molecular complexity index is 628. The molecule has 0 aromatic heterocycles. The third-order valence-corrected chi connectivity index (χ3v) is 4.47. The van der Waals surface area contributed by atoms with Gasteiger partial charge in [-0.25, -0.2) is 5.48 Å². The van der Waals surface area contributed by atoms with Crippen molar-refractivity contribution in [1.29, 1.82) is 0 Å². The van der Waals surface area contributed by atoms with Gasteiger partial charge in [0.15, 0.2) is 0 Å². The molecule has 0 saturated carbocycles. The summed E-state index contributed by atoms with van der Waals surface area (Å²) >= 11 is 0. The molecule has 0 radical (unpaired) electrons. The molecule has 1 aromatic carbocycles. The summed E-state index contributed by atoms with van der Waals surface area (Å²) in [6.07, 6.45) is 1.56. The summed E-state index contributed by atoms with van der Waals surface area (Å²) in [4.78, 5) is 26.0. The largest absolute Gasteiger partial charge is 0.382 e. The minimum atomic E-state index is -1.56. The standard InChI is InChI=1S/C19H26N2O4/c1-13(2)12-16(17(22)18(23)20-25)19(24)21-10-8-15(9-11-21)14-6-4-3-5-7-14/h3-8,13,16-17,22,25H,9-12H2,1-2H3,(H,20,23)/t16-,17+/m0/s1. The van der Waals surface area contributed by atoms with Crippen LogP contribution in [0, 0.1) is 11.8 Å². The molecule has 1 aliphatic rings. The normalized spacial score (nSPS) is 17.0. The number of aliphatic hydroxyl groups is 1. The van der Waals surface area contributed by atoms with E-state index in [1.165, 1.54) is 11.1 Å². The number of hydroxylamine groups is 1. The van der Waals surface area contributed by atoms with Crippen molar-refractivity contribution in [3.8, 4) is 0 Å². The van der Waals surface area contributed by atoms with Crippen molar-refractivity contribution in [2.75, 3.05) is 13.1 Å². The molecule has 2 amide bonds. The third-order valence-electron chi connectivity index (χ3n) is 4.47. The molecule has 0 fully saturated rings. The number of benzene rings is 1. The van der Waals surface area contributed by atoms with Crippen LogP contribution in [0.1, 0.15) is 32.3 Å². The monoisotopic (exact) mass is 346 g/mol. The molecule has 1 heterocycles. The van der Waals surface area contributed by atoms with Crippen LogP contribution in [0.25, 0.3) is 5.57 Å². The van der Waals surface area contributed by atoms with Gasteiger partial charge in [-0.3, -0.25) is 14.8 Å². The number of carbonyl (C=O) groups is 2. The molecule has 0 saturated heterocycles. The predicted octanol–water partition coefficient (Wildman–Crippen LogP) is 1.83. The Morgan fingerprint density at radius 2 is 1.92 bits per heavy atom. The first kappa shape index (κ1) is 19.1. The van der Waals surface area contributed by atoms with Crippen LogP contribution in [0.5, 0.6) is 0 Å². The molecule has 3 N–H and O–H groups in total. The molecule has 2 atom stereocenters. The second-order valence-electron chi connectivity index (χ2n) is 6.79. The molecule has 1 aliphatic heterocycles. The van der Waals surface area contributed by atoms with Crippen molar-refractivity contribution < 1.29 is 19.9 Å². The van der Waals surface area contributed by atoms with E-state index >= 15 is 0 Å². The first-order valence-electron chi connectivity index (χ1n) is 8.59. The second-order valence-corrected chi connectivity index (χ2v) is 6.79. The summed E-state index contributed by atoms with van der Waals surface area (Å²) in [7, 11) is 0. The highest BCUT2D eigenvalue weighted by atomic mass is 16.5. The average Bonchev–Trinajstić information content (AvgIpc) is 2.65. The van der Waals surface area contributed by atoms with Crippen LogP contribution in [0.2, 0.25) is 0 Å². The van der Waals surface area contributed by atoms with Crippen LogP contribution in [-0.4, -0.2) is 46.2 Å². The summed E-state index contributed by atoms with van der Waals surface area (Å²) in [5.41, 5.74) is 3.77. The fraction of sp³-hybridized carbons (Fsp3) is 0.474. The van der Waals surface area contributed by atoms with Crippen LogP contribution in [0.15, 0.2) is 36.4 Å². The maximum Gasteiger partial charge on any atom is 0.272 e. The van der Waals surface area contributed by atoms with Gasteiger partial charge in [0, 0.05) is 13.1 Å². The van der Waals surface area contributed by atoms with Gasteiger partial charge in [-0.1, -0.05) is 50.3 Å². The maximum atomic E-state index is 12.8. The lowest BCUT2D eigenvalue weighted by molar-refractivity contribution is -0.150. The molecule has 25 heavy (non-hydrogen) atoms. The van der Waals surface area contributed by atoms with E-state index in [0.717, 1.165) is 12.0 Å². The van der Waals surface area contributed by atoms with Gasteiger partial charge in [-0.15, -0.1) is 0 Å². The highest BCUT2D eigenvalue weighted by molar-refractivity contribution is 5.89. The highest BCUT2D eigenvalue weighted by Gasteiger charge is 2.35. The van der Waals surface area contributed by atoms with Crippen molar-refractivity contribution in [3.05, 3.63) is 42.0 Å². The van der Waals surface area contributed by atoms with Crippen LogP contribution < -0.4 is 5.48 Å². The van der Waals surface area contributed by atoms with Crippen molar-refractivity contribution in [3.63, 3.8) is 0 Å². The summed E-state index contributed by atoms with van der Waals surface area (Å²) in [5, 5.41) is 18.9. The number of nitrogens with zero attached hydrogens (tertiary/aromatic N) is 1. The molecule has 136 valence electrons. The van der Waals surface area contributed by atoms with Gasteiger partial charge in [-0.2, -0.15) is 0 Å². The lowest BCUT2D eigenvalue weighted by atomic mass is 9.89. The zero-order valence-electron chi connectivity index (χ0n) is 14.7. The first-order valence-corrected chi connectivity index (χ1v) is 8.59. The average molecular weight is 346 g/mol. The summed E-state index contributed by atoms with van der Waals surface area (Å²) in [6, 6.07) is 10.0. The zero-order valence-corrected chi connectivity index (χ0v) is 14.7. The highest BCUT2D eigenvalue weighted by Crippen LogP contribution is 2.25. The molecule has 0 unspecified atom stereocenters. The molecular weight excluding hydrogens is 320 g/mol. The van der Waals surface area contributed by atoms with Gasteiger partial charge in [0.05, 0.1) is 5.92 Å². The Hall–Kier alpha value is -2.18. The van der Waals surface area contributed by atoms with Crippen LogP contribution >= 0.6 is 0 Å². The molecule has 1 aromatic rings. The van der Waals surface area contributed by atoms with Gasteiger partial charge < -0.3 is 10.0 Å². The number of hydrogen-bond donors (Lipinski definition) is 3. The fourth-order valence-electron chi connectivity index (χ4n) is 3.14. The molecule has 0 spiro atoms. The van der Waals surface area contributed by atoms with E-state index in [-0.39, 0.29) is 11.8 Å². The quantitative estimate of drug-likeness (QED) is 0.541. The minimum absolute atomic E-state index is 0.135. The van der Waals surface area contributed by atoms with E-state index in [9.17, 15) is 14.7 Å². The number of carbonyl (C=O) groups excluding carboxylic acids is 2. The van der Waals surface area contributed by atoms with E-state index in [0.29, 0.717) is 19.5 Å². The van der Waals surface area contributed by atoms with E-state index in [2.05, 4.69) is 0 Å². The Labute approximate surface area is 148 Å². The topological polar surface area (TPSA) is 89.9 Å². The Kier molecular flexibility index (Phi) is 6.73. The molecule has 0 aliphatic carbocycles. The second kappa shape index (κ2) is 8.78. The smallest absolute Gasteiger partial charge is 0.272 e. The SMILES string of the molecule is CC(C)C[C@H](C(=O)N1CC=C(c2ccccc2)CC1)[C@@H](O)C(=O)NO. The maximum absolute atomic E-state index is 12.8. The van der Waals surface area contributed by atoms with E-state index in [4.69, 9.17) is 5.21 Å². The lowest BCUT2D eigenvalue weighted by Gasteiger charge is -2.32. The van der Waals surface area contributed by atoms with Gasteiger partial charge in [0.1, 0.15) is 6.10 Å². The van der Waals surface area contributed by atoms with Crippen molar-refractivity contribution in [2.24, 2.45) is 11.8 Å². The van der Waals surface area contributed by atoms with E-state index in [1.54, 1.807) is 4.90 Å². The molecular formula is C19H26N2O4. The van der Waals surface area contributed by atoms with E-state index < -0.39 is 17.9 Å². The molecule has 2 rings (SSSR count). The number of aliphatic hydroxyl groups excluding tert-OH is 1. The first-order chi connectivity index (χ1) is 11.9. The number of hydrogen-bond acceptors (Lipinski definition) is 4. The van der Waals surface area contributed by atoms with Crippen LogP contribution in [0.3, 0.4) is 0 Å². The minimum Gasteiger partial charge on any atom is -0.382 e. The number of rotatable bonds is 6. The third kappa shape index (κ3) is 4.90. The molecule has 0 bridgehead atoms. The van der Waals surface area contributed by atoms with E-state index in [1.807, 2.05) is 50.3 Å². The van der Waals surface area contributed by atoms with Crippen LogP contribution in [-0.2, 0) is 9.59 Å². The van der Waals surface area contributed by atoms with Gasteiger partial charge in [0.2, 0.25) is 5.91 Å². The predicted molar refractivity (Wildman–Crippen MR) is 94.5 cm³/mol. The van der Waals surface area contributed by atoms with Gasteiger partial charge in [0.25, 0.3) is 5.91 Å². The van der Waals surface area contributed by atoms with Gasteiger partial charge >= 0.3 is 0 Å². The zero-order chi connectivity index (χ0) is 18.4. The summed E-state index contributed by atoms with van der Waals surface area (Å²) < 4.78 is 0. The van der Waals surface area contributed by atoms with Crippen molar-refractivity contribution in [2.45, 2.75) is 32.8 Å². The Balaban J connectivity index is 2.10. The summed E-state index contributed by atoms with van der Waals surface area (Å²) in [6.45, 7) is 4.84. The molecule has 6 heteroatoms.